The van der Waals surface area contributed by atoms with Gasteiger partial charge in [0.1, 0.15) is 0 Å². The molecule has 6 heterocycles. The highest BCUT2D eigenvalue weighted by molar-refractivity contribution is 6.45. The third kappa shape index (κ3) is 7.34. The second-order valence-electron chi connectivity index (χ2n) is 17.8. The Morgan fingerprint density at radius 1 is 0.471 bits per heavy atom. The van der Waals surface area contributed by atoms with Crippen molar-refractivity contribution in [3.8, 4) is 0 Å². The van der Waals surface area contributed by atoms with Gasteiger partial charge in [-0.2, -0.15) is 0 Å². The number of Topliss-reactive ketones (excluding diaryl/α,β-unsaturated/α-hetero) is 1. The molecule has 0 spiro atoms. The van der Waals surface area contributed by atoms with E-state index in [4.69, 9.17) is 33.2 Å². The van der Waals surface area contributed by atoms with Gasteiger partial charge in [0.15, 0.2) is 5.78 Å². The molecule has 4 aliphatic rings. The molecule has 4 aliphatic heterocycles. The molecule has 0 fully saturated rings. The van der Waals surface area contributed by atoms with E-state index in [1.54, 1.807) is 0 Å². The molecule has 0 N–H and O–H groups in total. The molecule has 0 saturated heterocycles. The number of aromatic nitrogens is 2. The number of pyridine rings is 2. The average molecular weight is 926 g/mol. The molecule has 7 nitrogen and oxygen atoms in total. The number of ketones is 1. The fourth-order valence-corrected chi connectivity index (χ4v) is 11.4. The molecule has 68 heavy (non-hydrogen) atoms. The van der Waals surface area contributed by atoms with Crippen LogP contribution in [0.15, 0.2) is 206 Å². The number of carbonyl (C=O) groups excluding carboxylic acids is 1. The summed E-state index contributed by atoms with van der Waals surface area (Å²) in [6, 6.07) is 57.8. The van der Waals surface area contributed by atoms with Crippen molar-refractivity contribution in [3.05, 3.63) is 261 Å². The molecule has 2 unspecified atom stereocenters. The normalized spacial score (nSPS) is 17.6. The Balaban J connectivity index is 1.19. The lowest BCUT2D eigenvalue weighted by molar-refractivity contribution is -0.109. The van der Waals surface area contributed by atoms with E-state index < -0.39 is 12.1 Å². The van der Waals surface area contributed by atoms with Gasteiger partial charge in [-0.15, -0.1) is 0 Å². The van der Waals surface area contributed by atoms with E-state index in [1.807, 2.05) is 73.3 Å². The van der Waals surface area contributed by atoms with Crippen molar-refractivity contribution in [2.75, 3.05) is 22.9 Å². The number of fused-ring (bicyclic) bond motifs is 4. The summed E-state index contributed by atoms with van der Waals surface area (Å²) in [6.45, 7) is 2.70. The van der Waals surface area contributed by atoms with Crippen molar-refractivity contribution >= 4 is 62.9 Å². The van der Waals surface area contributed by atoms with Crippen LogP contribution in [0.5, 0.6) is 0 Å². The Labute approximate surface area is 406 Å². The van der Waals surface area contributed by atoms with Crippen molar-refractivity contribution < 1.29 is 4.79 Å². The van der Waals surface area contributed by atoms with Crippen LogP contribution in [0.25, 0.3) is 11.1 Å². The molecule has 332 valence electrons. The number of carbonyl (C=O) groups is 1. The summed E-state index contributed by atoms with van der Waals surface area (Å²) in [4.78, 5) is 36.6. The fraction of sp³-hybridized carbons (Fsp3) is 0.136. The van der Waals surface area contributed by atoms with Gasteiger partial charge >= 0.3 is 0 Å². The summed E-state index contributed by atoms with van der Waals surface area (Å²) in [6.07, 6.45) is 9.09. The third-order valence-electron chi connectivity index (χ3n) is 14.0. The Morgan fingerprint density at radius 2 is 0.882 bits per heavy atom. The molecule has 2 atom stereocenters. The number of anilines is 4. The van der Waals surface area contributed by atoms with E-state index in [1.165, 1.54) is 22.3 Å². The molecule has 2 aromatic heterocycles. The van der Waals surface area contributed by atoms with Gasteiger partial charge < -0.3 is 19.6 Å². The van der Waals surface area contributed by atoms with Crippen molar-refractivity contribution in [3.63, 3.8) is 0 Å². The van der Waals surface area contributed by atoms with E-state index in [2.05, 4.69) is 141 Å². The minimum Gasteiger partial charge on any atom is -0.368 e. The second kappa shape index (κ2) is 17.6. The first kappa shape index (κ1) is 41.9. The van der Waals surface area contributed by atoms with Crippen LogP contribution in [0, 0.1) is 0 Å². The number of hydrogen-bond donors (Lipinski definition) is 0. The van der Waals surface area contributed by atoms with Crippen molar-refractivity contribution in [2.24, 2.45) is 0 Å². The zero-order valence-electron chi connectivity index (χ0n) is 37.2. The van der Waals surface area contributed by atoms with Crippen LogP contribution in [0.3, 0.4) is 0 Å². The zero-order valence-corrected chi connectivity index (χ0v) is 38.7. The Hall–Kier alpha value is -7.45. The number of benzene rings is 6. The van der Waals surface area contributed by atoms with Crippen molar-refractivity contribution in [2.45, 2.75) is 38.0 Å². The van der Waals surface area contributed by atoms with E-state index in [-0.39, 0.29) is 5.78 Å². The molecular weight excluding hydrogens is 880 g/mol. The first-order chi connectivity index (χ1) is 33.5. The maximum Gasteiger partial charge on any atom is 0.198 e. The number of nitrogens with zero attached hydrogens (tertiary/aromatic N) is 6. The molecule has 6 aromatic carbocycles. The van der Waals surface area contributed by atoms with Crippen LogP contribution in [-0.2, 0) is 30.7 Å². The minimum atomic E-state index is -0.426. The Kier molecular flexibility index (Phi) is 10.9. The van der Waals surface area contributed by atoms with E-state index in [0.717, 1.165) is 69.2 Å². The Morgan fingerprint density at radius 3 is 1.31 bits per heavy atom. The van der Waals surface area contributed by atoms with Crippen molar-refractivity contribution in [1.29, 1.82) is 0 Å². The van der Waals surface area contributed by atoms with Crippen LogP contribution in [0.4, 0.5) is 22.7 Å². The lowest BCUT2D eigenvalue weighted by Crippen LogP contribution is -2.43. The molecule has 0 bridgehead atoms. The maximum atomic E-state index is 17.3. The highest BCUT2D eigenvalue weighted by Gasteiger charge is 2.46. The van der Waals surface area contributed by atoms with Gasteiger partial charge in [-0.3, -0.25) is 14.8 Å². The first-order valence-electron chi connectivity index (χ1n) is 23.2. The fourth-order valence-electron chi connectivity index (χ4n) is 11.0. The van der Waals surface area contributed by atoms with E-state index >= 15 is 4.79 Å². The number of allylic oxidation sites excluding steroid dienone is 2. The highest BCUT2D eigenvalue weighted by atomic mass is 35.5. The molecule has 0 radical (unpaired) electrons. The van der Waals surface area contributed by atoms with Gasteiger partial charge in [-0.25, -0.2) is 0 Å². The van der Waals surface area contributed by atoms with Crippen LogP contribution >= 0.6 is 23.2 Å². The first-order valence-corrected chi connectivity index (χ1v) is 24.0. The lowest BCUT2D eigenvalue weighted by Gasteiger charge is -2.48. The highest BCUT2D eigenvalue weighted by Crippen LogP contribution is 2.56. The topological polar surface area (TPSA) is 55.8 Å². The van der Waals surface area contributed by atoms with Crippen LogP contribution in [0.1, 0.15) is 56.6 Å². The molecule has 8 aromatic rings. The average Bonchev–Trinajstić information content (AvgIpc) is 3.39. The predicted octanol–water partition coefficient (Wildman–Crippen LogP) is 13.4. The predicted molar refractivity (Wildman–Crippen MR) is 274 cm³/mol. The molecule has 12 rings (SSSR count). The second-order valence-corrected chi connectivity index (χ2v) is 18.7. The van der Waals surface area contributed by atoms with Gasteiger partial charge in [-0.05, 0) is 94.8 Å². The quantitative estimate of drug-likeness (QED) is 0.150. The summed E-state index contributed by atoms with van der Waals surface area (Å²) in [5.41, 5.74) is 15.4. The van der Waals surface area contributed by atoms with Crippen LogP contribution in [-0.4, -0.2) is 38.6 Å². The van der Waals surface area contributed by atoms with Gasteiger partial charge in [0, 0.05) is 83.5 Å². The monoisotopic (exact) mass is 924 g/mol. The largest absolute Gasteiger partial charge is 0.368 e. The van der Waals surface area contributed by atoms with Gasteiger partial charge in [0.25, 0.3) is 0 Å². The summed E-state index contributed by atoms with van der Waals surface area (Å²) in [5, 5.41) is 1.26. The summed E-state index contributed by atoms with van der Waals surface area (Å²) in [5.74, 6) is -0.0745. The maximum absolute atomic E-state index is 17.3. The molecule has 0 aliphatic carbocycles. The Bertz CT molecular complexity index is 3080. The van der Waals surface area contributed by atoms with Gasteiger partial charge in [0.2, 0.25) is 0 Å². The summed E-state index contributed by atoms with van der Waals surface area (Å²) in [7, 11) is 0. The number of hydrogen-bond acceptors (Lipinski definition) is 7. The molecule has 0 saturated carbocycles. The smallest absolute Gasteiger partial charge is 0.198 e. The summed E-state index contributed by atoms with van der Waals surface area (Å²) < 4.78 is 0. The molecule has 9 heteroatoms. The van der Waals surface area contributed by atoms with E-state index in [0.29, 0.717) is 47.4 Å². The molecule has 0 amide bonds. The zero-order chi connectivity index (χ0) is 45.7. The van der Waals surface area contributed by atoms with Crippen LogP contribution < -0.4 is 9.80 Å². The standard InChI is InChI=1S/C59H46Cl2N6O/c60-45-21-11-23-47(33-45)66-51-25-29-62-35-49(51)53(57(55(66)41-15-3-1-4-16-41)64-31-27-39-13-7-9-19-43(39)37-64)59(68)54-50-36-63-30-26-52(50)67(48-24-12-22-46(61)34-48)56(42-17-5-2-6-18-42)58(54)65-32-28-40-14-8-10-20-44(40)38-65/h1-26,29-30,33-36,55-56H,27-28,31-32,37-38H2. The number of rotatable bonds is 8. The summed E-state index contributed by atoms with van der Waals surface area (Å²) >= 11 is 13.7. The van der Waals surface area contributed by atoms with Crippen molar-refractivity contribution in [1.82, 2.24) is 19.8 Å². The minimum absolute atomic E-state index is 0.0745. The lowest BCUT2D eigenvalue weighted by atomic mass is 9.79. The molecular formula is C59H46Cl2N6O. The van der Waals surface area contributed by atoms with Gasteiger partial charge in [0.05, 0.1) is 46.0 Å². The number of halogens is 2. The SMILES string of the molecule is O=C(C1=C(N2CCc3ccccc3C2)C(c2ccccc2)N(c2cccc(Cl)c2)c2ccncc21)C1=C(N2CCc3ccccc3C2)C(c2ccccc2)N(c2cccc(Cl)c2)c2ccncc21. The third-order valence-corrected chi connectivity index (χ3v) is 14.5. The van der Waals surface area contributed by atoms with Crippen LogP contribution in [0.2, 0.25) is 10.0 Å². The van der Waals surface area contributed by atoms with E-state index in [9.17, 15) is 0 Å². The van der Waals surface area contributed by atoms with Gasteiger partial charge in [-0.1, -0.05) is 145 Å².